The van der Waals surface area contributed by atoms with E-state index in [0.717, 1.165) is 56.4 Å². The number of carbonyl (C=O) groups excluding carboxylic acids is 1. The number of aryl methyl sites for hydroxylation is 1. The van der Waals surface area contributed by atoms with Crippen molar-refractivity contribution in [1.82, 2.24) is 15.1 Å². The minimum absolute atomic E-state index is 0.0601. The Hall–Kier alpha value is -2.07. The Labute approximate surface area is 219 Å². The first-order valence-corrected chi connectivity index (χ1v) is 13.3. The number of likely N-dealkylation sites (N-methyl/N-ethyl adjacent to an activating group) is 1. The maximum atomic E-state index is 13.0. The number of hydrogen-bond donors (Lipinski definition) is 3. The maximum Gasteiger partial charge on any atom is 0.407 e. The number of halogens is 1. The molecule has 0 aromatic heterocycles. The molecule has 0 unspecified atom stereocenters. The second-order valence-corrected chi connectivity index (χ2v) is 10.5. The van der Waals surface area contributed by atoms with Gasteiger partial charge in [0.2, 0.25) is 0 Å². The van der Waals surface area contributed by atoms with Crippen molar-refractivity contribution < 1.29 is 24.2 Å². The molecular weight excluding hydrogens is 484 g/mol. The van der Waals surface area contributed by atoms with Crippen LogP contribution in [-0.2, 0) is 9.47 Å². The molecule has 2 fully saturated rings. The van der Waals surface area contributed by atoms with Crippen molar-refractivity contribution in [2.45, 2.75) is 51.2 Å². The molecule has 0 spiro atoms. The van der Waals surface area contributed by atoms with Crippen LogP contribution in [0.1, 0.15) is 49.3 Å². The van der Waals surface area contributed by atoms with E-state index in [9.17, 15) is 9.59 Å². The van der Waals surface area contributed by atoms with Crippen LogP contribution in [0.25, 0.3) is 0 Å². The van der Waals surface area contributed by atoms with Crippen molar-refractivity contribution >= 4 is 23.7 Å². The molecule has 36 heavy (non-hydrogen) atoms. The van der Waals surface area contributed by atoms with E-state index < -0.39 is 6.09 Å². The number of likely N-dealkylation sites (tertiary alicyclic amines) is 1. The topological polar surface area (TPSA) is 117 Å². The quantitative estimate of drug-likeness (QED) is 0.427. The summed E-state index contributed by atoms with van der Waals surface area (Å²) in [5, 5.41) is 12.8. The second kappa shape index (κ2) is 14.0. The van der Waals surface area contributed by atoms with Crippen LogP contribution in [0.3, 0.4) is 0 Å². The molecule has 202 valence electrons. The molecule has 3 rings (SSSR count). The Balaban J connectivity index is 1.60. The first kappa shape index (κ1) is 28.5. The zero-order valence-electron chi connectivity index (χ0n) is 21.5. The van der Waals surface area contributed by atoms with Gasteiger partial charge in [0, 0.05) is 63.4 Å². The van der Waals surface area contributed by atoms with Gasteiger partial charge in [0.05, 0.1) is 12.7 Å². The largest absolute Gasteiger partial charge is 0.465 e. The number of hydrogen-bond acceptors (Lipinski definition) is 5. The van der Waals surface area contributed by atoms with Gasteiger partial charge in [-0.15, -0.1) is 0 Å². The Bertz CT molecular complexity index is 867. The van der Waals surface area contributed by atoms with Gasteiger partial charge in [0.15, 0.2) is 0 Å². The van der Waals surface area contributed by atoms with E-state index >= 15 is 0 Å². The van der Waals surface area contributed by atoms with Crippen LogP contribution < -0.4 is 11.1 Å². The molecule has 2 saturated heterocycles. The third kappa shape index (κ3) is 8.50. The summed E-state index contributed by atoms with van der Waals surface area (Å²) in [6.07, 6.45) is 3.51. The minimum atomic E-state index is -0.996. The highest BCUT2D eigenvalue weighted by Crippen LogP contribution is 2.35. The monoisotopic (exact) mass is 524 g/mol. The summed E-state index contributed by atoms with van der Waals surface area (Å²) in [5.74, 6) is 0.522. The van der Waals surface area contributed by atoms with Crippen molar-refractivity contribution in [3.63, 3.8) is 0 Å². The zero-order chi connectivity index (χ0) is 26.1. The number of urea groups is 1. The van der Waals surface area contributed by atoms with Crippen molar-refractivity contribution in [3.05, 3.63) is 34.3 Å². The molecule has 0 bridgehead atoms. The standard InChI is InChI=1S/C26H41ClN4O5/c1-18-7-8-21(27)14-23(18)24(36-12-10-30(2)26(33)34)20-6-3-9-31(16-20)25(32)29-15-22(28)13-19-5-4-11-35-17-19/h7-8,14,19-20,22,24H,3-6,9-13,15-17,28H2,1-2H3,(H,29,32)(H,33,34)/t19-,20-,22+,24-/m1/s1. The molecule has 4 N–H and O–H groups in total. The molecule has 1 aromatic carbocycles. The molecule has 4 atom stereocenters. The predicted molar refractivity (Wildman–Crippen MR) is 139 cm³/mol. The second-order valence-electron chi connectivity index (χ2n) is 10.1. The summed E-state index contributed by atoms with van der Waals surface area (Å²) in [7, 11) is 1.52. The van der Waals surface area contributed by atoms with E-state index in [2.05, 4.69) is 5.32 Å². The van der Waals surface area contributed by atoms with Gasteiger partial charge in [-0.1, -0.05) is 17.7 Å². The molecule has 0 radical (unpaired) electrons. The van der Waals surface area contributed by atoms with Gasteiger partial charge in [0.1, 0.15) is 0 Å². The van der Waals surface area contributed by atoms with E-state index in [1.165, 1.54) is 11.9 Å². The van der Waals surface area contributed by atoms with E-state index in [4.69, 9.17) is 31.9 Å². The molecule has 2 aliphatic rings. The summed E-state index contributed by atoms with van der Waals surface area (Å²) in [4.78, 5) is 27.2. The SMILES string of the molecule is Cc1ccc(Cl)cc1[C@H](OCCN(C)C(=O)O)[C@@H]1CCCN(C(=O)NC[C@@H](N)C[C@H]2CCCOC2)C1. The van der Waals surface area contributed by atoms with Crippen LogP contribution in [0.15, 0.2) is 18.2 Å². The first-order chi connectivity index (χ1) is 17.2. The molecule has 3 amide bonds. The summed E-state index contributed by atoms with van der Waals surface area (Å²) in [6, 6.07) is 5.51. The van der Waals surface area contributed by atoms with E-state index in [1.54, 1.807) is 0 Å². The van der Waals surface area contributed by atoms with Crippen LogP contribution >= 0.6 is 11.6 Å². The van der Waals surface area contributed by atoms with Crippen molar-refractivity contribution in [1.29, 1.82) is 0 Å². The lowest BCUT2D eigenvalue weighted by Crippen LogP contribution is -2.49. The lowest BCUT2D eigenvalue weighted by Gasteiger charge is -2.38. The van der Waals surface area contributed by atoms with E-state index in [0.29, 0.717) is 30.6 Å². The number of nitrogens with two attached hydrogens (primary N) is 1. The molecule has 2 heterocycles. The highest BCUT2D eigenvalue weighted by atomic mass is 35.5. The Morgan fingerprint density at radius 2 is 2.17 bits per heavy atom. The Morgan fingerprint density at radius 3 is 2.89 bits per heavy atom. The smallest absolute Gasteiger partial charge is 0.407 e. The minimum Gasteiger partial charge on any atom is -0.465 e. The maximum absolute atomic E-state index is 13.0. The third-order valence-corrected chi connectivity index (χ3v) is 7.41. The average molecular weight is 525 g/mol. The van der Waals surface area contributed by atoms with Gasteiger partial charge in [0.25, 0.3) is 0 Å². The van der Waals surface area contributed by atoms with Crippen LogP contribution in [0.4, 0.5) is 9.59 Å². The molecule has 1 aromatic rings. The summed E-state index contributed by atoms with van der Waals surface area (Å²) in [6.45, 7) is 5.76. The van der Waals surface area contributed by atoms with Crippen LogP contribution in [0, 0.1) is 18.8 Å². The fraction of sp³-hybridized carbons (Fsp3) is 0.692. The fourth-order valence-corrected chi connectivity index (χ4v) is 5.27. The molecule has 0 saturated carbocycles. The number of ether oxygens (including phenoxy) is 2. The summed E-state index contributed by atoms with van der Waals surface area (Å²) < 4.78 is 11.8. The van der Waals surface area contributed by atoms with Gasteiger partial charge in [-0.25, -0.2) is 9.59 Å². The number of rotatable bonds is 10. The van der Waals surface area contributed by atoms with Gasteiger partial charge < -0.3 is 35.4 Å². The number of amides is 3. The van der Waals surface area contributed by atoms with Crippen molar-refractivity contribution in [3.8, 4) is 0 Å². The fourth-order valence-electron chi connectivity index (χ4n) is 5.09. The summed E-state index contributed by atoms with van der Waals surface area (Å²) >= 11 is 6.31. The van der Waals surface area contributed by atoms with Gasteiger partial charge in [-0.3, -0.25) is 0 Å². The normalized spacial score (nSPS) is 22.1. The number of nitrogens with zero attached hydrogens (tertiary/aromatic N) is 2. The first-order valence-electron chi connectivity index (χ1n) is 12.9. The molecule has 9 nitrogen and oxygen atoms in total. The Morgan fingerprint density at radius 1 is 1.36 bits per heavy atom. The van der Waals surface area contributed by atoms with Crippen LogP contribution in [-0.4, -0.2) is 86.1 Å². The van der Waals surface area contributed by atoms with Crippen LogP contribution in [0.2, 0.25) is 5.02 Å². The van der Waals surface area contributed by atoms with Gasteiger partial charge in [-0.2, -0.15) is 0 Å². The van der Waals surface area contributed by atoms with Crippen molar-refractivity contribution in [2.24, 2.45) is 17.6 Å². The number of carboxylic acid groups (broad SMARTS) is 1. The highest BCUT2D eigenvalue weighted by molar-refractivity contribution is 6.30. The van der Waals surface area contributed by atoms with Crippen molar-refractivity contribution in [2.75, 3.05) is 53.0 Å². The number of carbonyl (C=O) groups is 2. The number of nitrogens with one attached hydrogen (secondary N) is 1. The molecular formula is C26H41ClN4O5. The van der Waals surface area contributed by atoms with Gasteiger partial charge >= 0.3 is 12.1 Å². The number of benzene rings is 1. The lowest BCUT2D eigenvalue weighted by molar-refractivity contribution is -0.0157. The third-order valence-electron chi connectivity index (χ3n) is 7.18. The Kier molecular flexibility index (Phi) is 11.1. The summed E-state index contributed by atoms with van der Waals surface area (Å²) in [5.41, 5.74) is 8.33. The molecule has 10 heteroatoms. The van der Waals surface area contributed by atoms with E-state index in [1.807, 2.05) is 30.0 Å². The number of piperidine rings is 1. The average Bonchev–Trinajstić information content (AvgIpc) is 2.87. The molecule has 2 aliphatic heterocycles. The predicted octanol–water partition coefficient (Wildman–Crippen LogP) is 3.88. The van der Waals surface area contributed by atoms with E-state index in [-0.39, 0.29) is 37.2 Å². The zero-order valence-corrected chi connectivity index (χ0v) is 22.2. The lowest BCUT2D eigenvalue weighted by atomic mass is 9.86. The molecule has 0 aliphatic carbocycles. The van der Waals surface area contributed by atoms with Gasteiger partial charge in [-0.05, 0) is 68.2 Å². The van der Waals surface area contributed by atoms with Crippen LogP contribution in [0.5, 0.6) is 0 Å². The highest BCUT2D eigenvalue weighted by Gasteiger charge is 2.32.